The third kappa shape index (κ3) is 1.91. The molecule has 2 N–H and O–H groups in total. The molecule has 0 aliphatic rings. The molecule has 1 rings (SSSR count). The number of pyridine rings is 1. The van der Waals surface area contributed by atoms with Gasteiger partial charge in [0.05, 0.1) is 0 Å². The van der Waals surface area contributed by atoms with Gasteiger partial charge in [0.15, 0.2) is 0 Å². The minimum absolute atomic E-state index is 0.0104. The maximum absolute atomic E-state index is 5.88. The minimum atomic E-state index is 0.0104. The number of aromatic nitrogens is 1. The zero-order valence-electron chi connectivity index (χ0n) is 6.42. The van der Waals surface area contributed by atoms with Gasteiger partial charge >= 0.3 is 0 Å². The molecule has 0 aliphatic heterocycles. The molecule has 2 nitrogen and oxygen atoms in total. The Labute approximate surface area is 71.4 Å². The Morgan fingerprint density at radius 2 is 2.45 bits per heavy atom. The largest absolute Gasteiger partial charge is 0.324 e. The Bertz CT molecular complexity index is 237. The van der Waals surface area contributed by atoms with Gasteiger partial charge < -0.3 is 5.73 Å². The van der Waals surface area contributed by atoms with E-state index < -0.39 is 0 Å². The molecule has 0 bridgehead atoms. The molecule has 1 aromatic rings. The number of nitrogens with two attached hydrogens (primary N) is 1. The van der Waals surface area contributed by atoms with Gasteiger partial charge in [-0.25, -0.2) is 0 Å². The summed E-state index contributed by atoms with van der Waals surface area (Å²) in [7, 11) is 0. The van der Waals surface area contributed by atoms with Crippen molar-refractivity contribution in [2.45, 2.75) is 19.4 Å². The average Bonchev–Trinajstić information content (AvgIpc) is 2.04. The lowest BCUT2D eigenvalue weighted by Gasteiger charge is -2.09. The molecule has 11 heavy (non-hydrogen) atoms. The summed E-state index contributed by atoms with van der Waals surface area (Å²) >= 11 is 5.88. The monoisotopic (exact) mass is 170 g/mol. The molecular formula is C8H11ClN2. The van der Waals surface area contributed by atoms with E-state index in [0.29, 0.717) is 5.02 Å². The lowest BCUT2D eigenvalue weighted by molar-refractivity contribution is 0.695. The third-order valence-electron chi connectivity index (χ3n) is 1.64. The van der Waals surface area contributed by atoms with Crippen LogP contribution in [0.25, 0.3) is 0 Å². The van der Waals surface area contributed by atoms with Crippen LogP contribution in [-0.4, -0.2) is 4.98 Å². The van der Waals surface area contributed by atoms with Gasteiger partial charge in [0, 0.05) is 29.0 Å². The molecule has 3 heteroatoms. The van der Waals surface area contributed by atoms with Crippen LogP contribution in [0.15, 0.2) is 18.5 Å². The fourth-order valence-corrected chi connectivity index (χ4v) is 1.13. The van der Waals surface area contributed by atoms with Crippen LogP contribution in [0.1, 0.15) is 24.9 Å². The maximum atomic E-state index is 5.88. The van der Waals surface area contributed by atoms with Crippen molar-refractivity contribution in [1.82, 2.24) is 4.98 Å². The van der Waals surface area contributed by atoms with Crippen molar-refractivity contribution in [2.75, 3.05) is 0 Å². The highest BCUT2D eigenvalue weighted by molar-refractivity contribution is 6.31. The molecule has 1 aromatic heterocycles. The zero-order valence-corrected chi connectivity index (χ0v) is 7.17. The summed E-state index contributed by atoms with van der Waals surface area (Å²) in [5.74, 6) is 0. The van der Waals surface area contributed by atoms with Crippen LogP contribution in [-0.2, 0) is 0 Å². The van der Waals surface area contributed by atoms with Crippen LogP contribution in [0.2, 0.25) is 5.02 Å². The Kier molecular flexibility index (Phi) is 2.85. The predicted molar refractivity (Wildman–Crippen MR) is 46.5 cm³/mol. The molecule has 0 unspecified atom stereocenters. The van der Waals surface area contributed by atoms with E-state index in [1.54, 1.807) is 18.5 Å². The van der Waals surface area contributed by atoms with Crippen molar-refractivity contribution in [2.24, 2.45) is 5.73 Å². The summed E-state index contributed by atoms with van der Waals surface area (Å²) in [5, 5.41) is 0.703. The molecule has 0 saturated carbocycles. The minimum Gasteiger partial charge on any atom is -0.324 e. The summed E-state index contributed by atoms with van der Waals surface area (Å²) in [6.07, 6.45) is 4.26. The van der Waals surface area contributed by atoms with E-state index in [9.17, 15) is 0 Å². The summed E-state index contributed by atoms with van der Waals surface area (Å²) in [6, 6.07) is 1.77. The first kappa shape index (κ1) is 8.50. The van der Waals surface area contributed by atoms with E-state index >= 15 is 0 Å². The molecule has 1 atom stereocenters. The fourth-order valence-electron chi connectivity index (χ4n) is 0.882. The fraction of sp³-hybridized carbons (Fsp3) is 0.375. The van der Waals surface area contributed by atoms with Crippen LogP contribution < -0.4 is 5.73 Å². The topological polar surface area (TPSA) is 38.9 Å². The molecular weight excluding hydrogens is 160 g/mol. The Morgan fingerprint density at radius 1 is 1.73 bits per heavy atom. The molecule has 0 radical (unpaired) electrons. The number of rotatable bonds is 2. The van der Waals surface area contributed by atoms with E-state index in [2.05, 4.69) is 4.98 Å². The molecule has 0 aliphatic carbocycles. The average molecular weight is 171 g/mol. The first-order chi connectivity index (χ1) is 5.25. The van der Waals surface area contributed by atoms with E-state index in [0.717, 1.165) is 12.0 Å². The van der Waals surface area contributed by atoms with Crippen molar-refractivity contribution < 1.29 is 0 Å². The summed E-state index contributed by atoms with van der Waals surface area (Å²) in [4.78, 5) is 3.95. The predicted octanol–water partition coefficient (Wildman–Crippen LogP) is 2.14. The van der Waals surface area contributed by atoms with Crippen LogP contribution in [0.3, 0.4) is 0 Å². The van der Waals surface area contributed by atoms with Gasteiger partial charge in [-0.05, 0) is 12.5 Å². The highest BCUT2D eigenvalue weighted by Crippen LogP contribution is 2.21. The number of hydrogen-bond donors (Lipinski definition) is 1. The van der Waals surface area contributed by atoms with Gasteiger partial charge in [0.1, 0.15) is 0 Å². The lowest BCUT2D eigenvalue weighted by Crippen LogP contribution is -2.09. The van der Waals surface area contributed by atoms with Crippen molar-refractivity contribution in [3.05, 3.63) is 29.0 Å². The third-order valence-corrected chi connectivity index (χ3v) is 1.98. The molecule has 0 amide bonds. The van der Waals surface area contributed by atoms with Gasteiger partial charge in [-0.1, -0.05) is 18.5 Å². The maximum Gasteiger partial charge on any atom is 0.0484 e. The Balaban J connectivity index is 2.93. The second kappa shape index (κ2) is 3.69. The van der Waals surface area contributed by atoms with E-state index in [4.69, 9.17) is 17.3 Å². The SMILES string of the molecule is CC[C@H](N)c1cnccc1Cl. The van der Waals surface area contributed by atoms with Gasteiger partial charge in [-0.2, -0.15) is 0 Å². The van der Waals surface area contributed by atoms with Gasteiger partial charge in [-0.3, -0.25) is 4.98 Å². The number of halogens is 1. The van der Waals surface area contributed by atoms with Gasteiger partial charge in [-0.15, -0.1) is 0 Å². The number of nitrogens with zero attached hydrogens (tertiary/aromatic N) is 1. The molecule has 0 spiro atoms. The molecule has 1 heterocycles. The quantitative estimate of drug-likeness (QED) is 0.739. The van der Waals surface area contributed by atoms with Crippen LogP contribution in [0.4, 0.5) is 0 Å². The van der Waals surface area contributed by atoms with Crippen LogP contribution in [0, 0.1) is 0 Å². The molecule has 0 fully saturated rings. The van der Waals surface area contributed by atoms with E-state index in [-0.39, 0.29) is 6.04 Å². The normalized spacial score (nSPS) is 13.0. The first-order valence-corrected chi connectivity index (χ1v) is 3.98. The molecule has 0 aromatic carbocycles. The highest BCUT2D eigenvalue weighted by atomic mass is 35.5. The van der Waals surface area contributed by atoms with Crippen molar-refractivity contribution >= 4 is 11.6 Å². The number of hydrogen-bond acceptors (Lipinski definition) is 2. The second-order valence-corrected chi connectivity index (χ2v) is 2.82. The second-order valence-electron chi connectivity index (χ2n) is 2.41. The van der Waals surface area contributed by atoms with Gasteiger partial charge in [0.25, 0.3) is 0 Å². The lowest BCUT2D eigenvalue weighted by atomic mass is 10.1. The van der Waals surface area contributed by atoms with Crippen molar-refractivity contribution in [3.8, 4) is 0 Å². The summed E-state index contributed by atoms with van der Waals surface area (Å²) in [5.41, 5.74) is 6.70. The zero-order chi connectivity index (χ0) is 8.27. The van der Waals surface area contributed by atoms with E-state index in [1.165, 1.54) is 0 Å². The Morgan fingerprint density at radius 3 is 3.00 bits per heavy atom. The Hall–Kier alpha value is -0.600. The van der Waals surface area contributed by atoms with Crippen LogP contribution >= 0.6 is 11.6 Å². The van der Waals surface area contributed by atoms with E-state index in [1.807, 2.05) is 6.92 Å². The van der Waals surface area contributed by atoms with Crippen molar-refractivity contribution in [3.63, 3.8) is 0 Å². The standard InChI is InChI=1S/C8H11ClN2/c1-2-8(10)6-5-11-4-3-7(6)9/h3-5,8H,2,10H2,1H3/t8-/m0/s1. The first-order valence-electron chi connectivity index (χ1n) is 3.60. The van der Waals surface area contributed by atoms with Crippen LogP contribution in [0.5, 0.6) is 0 Å². The molecule has 0 saturated heterocycles. The van der Waals surface area contributed by atoms with Crippen molar-refractivity contribution in [1.29, 1.82) is 0 Å². The highest BCUT2D eigenvalue weighted by Gasteiger charge is 2.06. The molecule has 60 valence electrons. The smallest absolute Gasteiger partial charge is 0.0484 e. The summed E-state index contributed by atoms with van der Waals surface area (Å²) < 4.78 is 0. The summed E-state index contributed by atoms with van der Waals surface area (Å²) in [6.45, 7) is 2.02. The van der Waals surface area contributed by atoms with Gasteiger partial charge in [0.2, 0.25) is 0 Å².